The van der Waals surface area contributed by atoms with Crippen LogP contribution in [0.5, 0.6) is 0 Å². The van der Waals surface area contributed by atoms with Gasteiger partial charge in [-0.3, -0.25) is 14.4 Å². The second-order valence-corrected chi connectivity index (χ2v) is 7.01. The molecule has 144 valence electrons. The minimum absolute atomic E-state index is 0.0980. The summed E-state index contributed by atoms with van der Waals surface area (Å²) < 4.78 is 0. The average Bonchev–Trinajstić information content (AvgIpc) is 2.75. The molecule has 3 aromatic rings. The van der Waals surface area contributed by atoms with Gasteiger partial charge in [0.1, 0.15) is 0 Å². The van der Waals surface area contributed by atoms with E-state index in [2.05, 4.69) is 10.6 Å². The van der Waals surface area contributed by atoms with Gasteiger partial charge >= 0.3 is 0 Å². The number of amides is 2. The molecular weight excluding hydrogens is 364 g/mol. The molecule has 2 unspecified atom stereocenters. The lowest BCUT2D eigenvalue weighted by molar-refractivity contribution is -0.143. The molecule has 0 bridgehead atoms. The van der Waals surface area contributed by atoms with Gasteiger partial charge in [-0.05, 0) is 28.8 Å². The second kappa shape index (κ2) is 8.10. The predicted octanol–water partition coefficient (Wildman–Crippen LogP) is 3.74. The predicted molar refractivity (Wildman–Crippen MR) is 111 cm³/mol. The van der Waals surface area contributed by atoms with Gasteiger partial charge in [0.05, 0.1) is 6.04 Å². The monoisotopic (exact) mass is 384 g/mol. The summed E-state index contributed by atoms with van der Waals surface area (Å²) >= 11 is 0. The zero-order valence-electron chi connectivity index (χ0n) is 15.7. The number of piperidine rings is 1. The van der Waals surface area contributed by atoms with Crippen LogP contribution in [0.1, 0.15) is 18.0 Å². The first-order valence-electron chi connectivity index (χ1n) is 9.46. The average molecular weight is 384 g/mol. The van der Waals surface area contributed by atoms with Gasteiger partial charge < -0.3 is 10.6 Å². The van der Waals surface area contributed by atoms with E-state index >= 15 is 0 Å². The van der Waals surface area contributed by atoms with Crippen LogP contribution in [0.25, 0.3) is 11.1 Å². The molecule has 1 aliphatic heterocycles. The molecule has 2 N–H and O–H groups in total. The number of Topliss-reactive ketones (excluding diaryl/α,β-unsaturated/α-hetero) is 1. The van der Waals surface area contributed by atoms with Crippen LogP contribution in [-0.2, 0) is 14.4 Å². The van der Waals surface area contributed by atoms with E-state index < -0.39 is 23.8 Å². The molecule has 4 rings (SSSR count). The van der Waals surface area contributed by atoms with Crippen molar-refractivity contribution < 1.29 is 14.4 Å². The molecule has 0 aromatic heterocycles. The lowest BCUT2D eigenvalue weighted by Gasteiger charge is -2.27. The van der Waals surface area contributed by atoms with E-state index in [0.29, 0.717) is 5.69 Å². The van der Waals surface area contributed by atoms with E-state index in [9.17, 15) is 14.4 Å². The Bertz CT molecular complexity index is 1010. The fraction of sp³-hybridized carbons (Fsp3) is 0.125. The fourth-order valence-corrected chi connectivity index (χ4v) is 3.51. The molecule has 5 nitrogen and oxygen atoms in total. The number of ketones is 1. The number of carbonyl (C=O) groups excluding carboxylic acids is 3. The van der Waals surface area contributed by atoms with E-state index in [1.54, 1.807) is 12.1 Å². The summed E-state index contributed by atoms with van der Waals surface area (Å²) in [6.45, 7) is 0. The van der Waals surface area contributed by atoms with Gasteiger partial charge in [0, 0.05) is 12.1 Å². The zero-order chi connectivity index (χ0) is 20.2. The second-order valence-electron chi connectivity index (χ2n) is 7.01. The highest BCUT2D eigenvalue weighted by Gasteiger charge is 2.40. The number of nitrogens with one attached hydrogen (secondary N) is 2. The van der Waals surface area contributed by atoms with E-state index in [1.807, 2.05) is 72.8 Å². The largest absolute Gasteiger partial charge is 0.348 e. The Hall–Kier alpha value is -3.73. The zero-order valence-corrected chi connectivity index (χ0v) is 15.7. The third kappa shape index (κ3) is 4.09. The lowest BCUT2D eigenvalue weighted by atomic mass is 9.88. The van der Waals surface area contributed by atoms with Crippen molar-refractivity contribution >= 4 is 23.3 Å². The van der Waals surface area contributed by atoms with Crippen molar-refractivity contribution in [2.75, 3.05) is 5.32 Å². The summed E-state index contributed by atoms with van der Waals surface area (Å²) in [7, 11) is 0. The molecule has 1 heterocycles. The highest BCUT2D eigenvalue weighted by Crippen LogP contribution is 2.26. The van der Waals surface area contributed by atoms with Crippen LogP contribution in [0.15, 0.2) is 84.9 Å². The molecule has 29 heavy (non-hydrogen) atoms. The molecule has 5 heteroatoms. The molecule has 1 fully saturated rings. The quantitative estimate of drug-likeness (QED) is 0.673. The highest BCUT2D eigenvalue weighted by molar-refractivity contribution is 6.22. The van der Waals surface area contributed by atoms with Gasteiger partial charge in [-0.15, -0.1) is 0 Å². The summed E-state index contributed by atoms with van der Waals surface area (Å²) in [5.74, 6) is -2.87. The van der Waals surface area contributed by atoms with Crippen molar-refractivity contribution in [3.8, 4) is 11.1 Å². The van der Waals surface area contributed by atoms with Gasteiger partial charge in [0.15, 0.2) is 11.7 Å². The van der Waals surface area contributed by atoms with Crippen molar-refractivity contribution in [2.24, 2.45) is 5.92 Å². The van der Waals surface area contributed by atoms with Crippen LogP contribution in [0.3, 0.4) is 0 Å². The maximum Gasteiger partial charge on any atom is 0.244 e. The molecule has 2 atom stereocenters. The molecule has 1 aliphatic rings. The topological polar surface area (TPSA) is 75.3 Å². The first-order valence-corrected chi connectivity index (χ1v) is 9.46. The third-order valence-corrected chi connectivity index (χ3v) is 5.03. The molecule has 0 saturated carbocycles. The lowest BCUT2D eigenvalue weighted by Crippen LogP contribution is -2.49. The van der Waals surface area contributed by atoms with E-state index in [0.717, 1.165) is 16.7 Å². The maximum absolute atomic E-state index is 12.6. The standard InChI is InChI=1S/C24H20N2O3/c27-21-15-20(18-9-5-2-6-10-18)26-24(29)22(21)23(28)25-19-13-11-17(12-14-19)16-7-3-1-4-8-16/h1-14,20,22H,15H2,(H,25,28)(H,26,29). The van der Waals surface area contributed by atoms with Gasteiger partial charge in [0.2, 0.25) is 11.8 Å². The van der Waals surface area contributed by atoms with E-state index in [-0.39, 0.29) is 12.2 Å². The molecule has 1 saturated heterocycles. The molecular formula is C24H20N2O3. The van der Waals surface area contributed by atoms with Gasteiger partial charge in [-0.1, -0.05) is 72.8 Å². The van der Waals surface area contributed by atoms with Crippen molar-refractivity contribution in [1.82, 2.24) is 5.32 Å². The number of hydrogen-bond acceptors (Lipinski definition) is 3. The summed E-state index contributed by atoms with van der Waals surface area (Å²) in [5, 5.41) is 5.48. The van der Waals surface area contributed by atoms with Crippen molar-refractivity contribution in [1.29, 1.82) is 0 Å². The van der Waals surface area contributed by atoms with Gasteiger partial charge in [0.25, 0.3) is 0 Å². The van der Waals surface area contributed by atoms with E-state index in [1.165, 1.54) is 0 Å². The van der Waals surface area contributed by atoms with Crippen LogP contribution in [-0.4, -0.2) is 17.6 Å². The van der Waals surface area contributed by atoms with Crippen LogP contribution < -0.4 is 10.6 Å². The Morgan fingerprint density at radius 2 is 1.38 bits per heavy atom. The Morgan fingerprint density at radius 1 is 0.793 bits per heavy atom. The highest BCUT2D eigenvalue weighted by atomic mass is 16.2. The third-order valence-electron chi connectivity index (χ3n) is 5.03. The Kier molecular flexibility index (Phi) is 5.20. The number of benzene rings is 3. The van der Waals surface area contributed by atoms with Crippen LogP contribution in [0.2, 0.25) is 0 Å². The SMILES string of the molecule is O=C1CC(c2ccccc2)NC(=O)C1C(=O)Nc1ccc(-c2ccccc2)cc1. The smallest absolute Gasteiger partial charge is 0.244 e. The Labute approximate surface area is 168 Å². The Balaban J connectivity index is 1.43. The minimum Gasteiger partial charge on any atom is -0.348 e. The van der Waals surface area contributed by atoms with E-state index in [4.69, 9.17) is 0 Å². The first-order chi connectivity index (χ1) is 14.1. The molecule has 0 spiro atoms. The van der Waals surface area contributed by atoms with Crippen LogP contribution >= 0.6 is 0 Å². The van der Waals surface area contributed by atoms with Gasteiger partial charge in [-0.2, -0.15) is 0 Å². The normalized spacial score (nSPS) is 18.8. The van der Waals surface area contributed by atoms with Crippen LogP contribution in [0.4, 0.5) is 5.69 Å². The first kappa shape index (κ1) is 18.6. The fourth-order valence-electron chi connectivity index (χ4n) is 3.51. The van der Waals surface area contributed by atoms with Crippen molar-refractivity contribution in [3.05, 3.63) is 90.5 Å². The molecule has 0 radical (unpaired) electrons. The Morgan fingerprint density at radius 3 is 2.00 bits per heavy atom. The number of anilines is 1. The number of carbonyl (C=O) groups is 3. The maximum atomic E-state index is 12.6. The van der Waals surface area contributed by atoms with Gasteiger partial charge in [-0.25, -0.2) is 0 Å². The van der Waals surface area contributed by atoms with Crippen molar-refractivity contribution in [2.45, 2.75) is 12.5 Å². The van der Waals surface area contributed by atoms with Crippen molar-refractivity contribution in [3.63, 3.8) is 0 Å². The summed E-state index contributed by atoms with van der Waals surface area (Å²) in [6.07, 6.45) is 0.0980. The number of hydrogen-bond donors (Lipinski definition) is 2. The summed E-state index contributed by atoms with van der Waals surface area (Å²) in [5.41, 5.74) is 3.48. The summed E-state index contributed by atoms with van der Waals surface area (Å²) in [4.78, 5) is 37.6. The summed E-state index contributed by atoms with van der Waals surface area (Å²) in [6, 6.07) is 26.1. The van der Waals surface area contributed by atoms with Crippen LogP contribution in [0, 0.1) is 5.92 Å². The minimum atomic E-state index is -1.33. The number of rotatable bonds is 4. The molecule has 3 aromatic carbocycles. The molecule has 0 aliphatic carbocycles. The molecule has 2 amide bonds.